The Morgan fingerprint density at radius 3 is 2.19 bits per heavy atom. The van der Waals surface area contributed by atoms with E-state index in [1.807, 2.05) is 35.2 Å². The second-order valence-electron chi connectivity index (χ2n) is 6.96. The van der Waals surface area contributed by atoms with E-state index in [1.165, 1.54) is 6.08 Å². The van der Waals surface area contributed by atoms with Crippen molar-refractivity contribution < 1.29 is 9.53 Å². The van der Waals surface area contributed by atoms with Gasteiger partial charge in [-0.05, 0) is 45.9 Å². The summed E-state index contributed by atoms with van der Waals surface area (Å²) in [7, 11) is 0. The maximum Gasteiger partial charge on any atom is 0.246 e. The molecule has 1 aromatic rings. The first-order chi connectivity index (χ1) is 9.76. The van der Waals surface area contributed by atoms with Crippen LogP contribution in [0.1, 0.15) is 40.5 Å². The third-order valence-electron chi connectivity index (χ3n) is 4.11. The molecule has 114 valence electrons. The fourth-order valence-corrected chi connectivity index (χ4v) is 3.65. The monoisotopic (exact) mass is 287 g/mol. The van der Waals surface area contributed by atoms with E-state index in [4.69, 9.17) is 4.74 Å². The Balaban J connectivity index is 2.21. The van der Waals surface area contributed by atoms with E-state index in [0.29, 0.717) is 0 Å². The summed E-state index contributed by atoms with van der Waals surface area (Å²) in [6.45, 7) is 12.0. The van der Waals surface area contributed by atoms with Gasteiger partial charge in [-0.2, -0.15) is 0 Å². The lowest BCUT2D eigenvalue weighted by atomic mass is 9.78. The van der Waals surface area contributed by atoms with Gasteiger partial charge in [0.05, 0.1) is 0 Å². The number of benzene rings is 1. The molecule has 3 nitrogen and oxygen atoms in total. The largest absolute Gasteiger partial charge is 0.490 e. The van der Waals surface area contributed by atoms with Gasteiger partial charge in [-0.25, -0.2) is 0 Å². The second-order valence-corrected chi connectivity index (χ2v) is 6.96. The molecule has 0 N–H and O–H groups in total. The minimum absolute atomic E-state index is 0.0110. The highest BCUT2D eigenvalue weighted by Crippen LogP contribution is 2.40. The molecule has 1 heterocycles. The van der Waals surface area contributed by atoms with E-state index in [9.17, 15) is 4.79 Å². The maximum absolute atomic E-state index is 12.2. The van der Waals surface area contributed by atoms with Crippen molar-refractivity contribution in [1.29, 1.82) is 0 Å². The molecule has 1 fully saturated rings. The molecular formula is C18H25NO2. The minimum Gasteiger partial charge on any atom is -0.490 e. The first kappa shape index (κ1) is 15.6. The Morgan fingerprint density at radius 2 is 1.71 bits per heavy atom. The van der Waals surface area contributed by atoms with Crippen molar-refractivity contribution in [3.8, 4) is 5.75 Å². The van der Waals surface area contributed by atoms with Crippen molar-refractivity contribution in [2.75, 3.05) is 0 Å². The van der Waals surface area contributed by atoms with E-state index in [1.54, 1.807) is 0 Å². The highest BCUT2D eigenvalue weighted by Gasteiger charge is 2.47. The lowest BCUT2D eigenvalue weighted by molar-refractivity contribution is -0.148. The molecule has 0 bridgehead atoms. The van der Waals surface area contributed by atoms with Gasteiger partial charge in [0.25, 0.3) is 0 Å². The van der Waals surface area contributed by atoms with Crippen LogP contribution in [0.2, 0.25) is 0 Å². The van der Waals surface area contributed by atoms with Gasteiger partial charge in [0.15, 0.2) is 0 Å². The molecule has 1 aromatic carbocycles. The fourth-order valence-electron chi connectivity index (χ4n) is 3.65. The van der Waals surface area contributed by atoms with Gasteiger partial charge in [0, 0.05) is 23.9 Å². The lowest BCUT2D eigenvalue weighted by Gasteiger charge is -2.54. The molecule has 0 atom stereocenters. The Kier molecular flexibility index (Phi) is 4.13. The van der Waals surface area contributed by atoms with Gasteiger partial charge < -0.3 is 9.64 Å². The van der Waals surface area contributed by atoms with Gasteiger partial charge in [0.1, 0.15) is 11.9 Å². The summed E-state index contributed by atoms with van der Waals surface area (Å²) in [5, 5.41) is 0. The summed E-state index contributed by atoms with van der Waals surface area (Å²) >= 11 is 0. The number of carbonyl (C=O) groups excluding carboxylic acids is 1. The number of ether oxygens (including phenoxy) is 1. The van der Waals surface area contributed by atoms with Crippen LogP contribution < -0.4 is 4.74 Å². The summed E-state index contributed by atoms with van der Waals surface area (Å²) in [4.78, 5) is 14.2. The molecule has 3 heteroatoms. The summed E-state index contributed by atoms with van der Waals surface area (Å²) in [5.74, 6) is 0.876. The van der Waals surface area contributed by atoms with Crippen LogP contribution >= 0.6 is 0 Å². The molecule has 1 aliphatic rings. The predicted molar refractivity (Wildman–Crippen MR) is 85.3 cm³/mol. The van der Waals surface area contributed by atoms with Crippen LogP contribution in [0, 0.1) is 0 Å². The van der Waals surface area contributed by atoms with Crippen LogP contribution in [0.25, 0.3) is 0 Å². The SMILES string of the molecule is C=CC(=O)N1C(C)(C)CC(Oc2ccccc2)CC1(C)C. The quantitative estimate of drug-likeness (QED) is 0.791. The van der Waals surface area contributed by atoms with Crippen molar-refractivity contribution >= 4 is 5.91 Å². The van der Waals surface area contributed by atoms with E-state index in [-0.39, 0.29) is 23.1 Å². The first-order valence-electron chi connectivity index (χ1n) is 7.45. The van der Waals surface area contributed by atoms with E-state index >= 15 is 0 Å². The summed E-state index contributed by atoms with van der Waals surface area (Å²) in [6, 6.07) is 9.87. The highest BCUT2D eigenvalue weighted by atomic mass is 16.5. The van der Waals surface area contributed by atoms with Crippen molar-refractivity contribution in [3.63, 3.8) is 0 Å². The number of piperidine rings is 1. The van der Waals surface area contributed by atoms with Gasteiger partial charge >= 0.3 is 0 Å². The Labute approximate surface area is 127 Å². The average molecular weight is 287 g/mol. The van der Waals surface area contributed by atoms with Crippen LogP contribution in [0.3, 0.4) is 0 Å². The van der Waals surface area contributed by atoms with Crippen LogP contribution in [-0.2, 0) is 4.79 Å². The number of para-hydroxylation sites is 1. The molecule has 21 heavy (non-hydrogen) atoms. The first-order valence-corrected chi connectivity index (χ1v) is 7.45. The van der Waals surface area contributed by atoms with Crippen molar-refractivity contribution in [3.05, 3.63) is 43.0 Å². The number of carbonyl (C=O) groups is 1. The van der Waals surface area contributed by atoms with Gasteiger partial charge in [-0.15, -0.1) is 0 Å². The molecule has 0 aromatic heterocycles. The zero-order valence-corrected chi connectivity index (χ0v) is 13.4. The molecule has 0 unspecified atom stereocenters. The van der Waals surface area contributed by atoms with Crippen LogP contribution in [0.15, 0.2) is 43.0 Å². The molecule has 1 amide bonds. The number of likely N-dealkylation sites (tertiary alicyclic amines) is 1. The van der Waals surface area contributed by atoms with Crippen LogP contribution in [0.5, 0.6) is 5.75 Å². The van der Waals surface area contributed by atoms with E-state index in [2.05, 4.69) is 34.3 Å². The maximum atomic E-state index is 12.2. The predicted octanol–water partition coefficient (Wildman–Crippen LogP) is 3.80. The van der Waals surface area contributed by atoms with Gasteiger partial charge in [0.2, 0.25) is 5.91 Å². The highest BCUT2D eigenvalue weighted by molar-refractivity contribution is 5.88. The van der Waals surface area contributed by atoms with Crippen LogP contribution in [-0.4, -0.2) is 28.0 Å². The van der Waals surface area contributed by atoms with Crippen LogP contribution in [0.4, 0.5) is 0 Å². The van der Waals surface area contributed by atoms with Gasteiger partial charge in [-0.1, -0.05) is 24.8 Å². The smallest absolute Gasteiger partial charge is 0.246 e. The molecule has 0 saturated carbocycles. The molecule has 1 saturated heterocycles. The average Bonchev–Trinajstić information content (AvgIpc) is 2.36. The van der Waals surface area contributed by atoms with Crippen molar-refractivity contribution in [1.82, 2.24) is 4.90 Å². The van der Waals surface area contributed by atoms with Crippen molar-refractivity contribution in [2.45, 2.75) is 57.7 Å². The number of hydrogen-bond donors (Lipinski definition) is 0. The molecule has 1 aliphatic heterocycles. The van der Waals surface area contributed by atoms with Gasteiger partial charge in [-0.3, -0.25) is 4.79 Å². The molecule has 0 aliphatic carbocycles. The third-order valence-corrected chi connectivity index (χ3v) is 4.11. The van der Waals surface area contributed by atoms with Crippen molar-refractivity contribution in [2.24, 2.45) is 0 Å². The number of hydrogen-bond acceptors (Lipinski definition) is 2. The Hall–Kier alpha value is -1.77. The second kappa shape index (κ2) is 5.55. The summed E-state index contributed by atoms with van der Waals surface area (Å²) in [5.41, 5.74) is -0.515. The fraction of sp³-hybridized carbons (Fsp3) is 0.500. The molecule has 0 radical (unpaired) electrons. The molecule has 0 spiro atoms. The standard InChI is InChI=1S/C18H25NO2/c1-6-16(20)19-17(2,3)12-15(13-18(19,4)5)21-14-10-8-7-9-11-14/h6-11,15H,1,12-13H2,2-5H3. The zero-order chi connectivity index (χ0) is 15.7. The molecular weight excluding hydrogens is 262 g/mol. The molecule has 2 rings (SSSR count). The Morgan fingerprint density at radius 1 is 1.19 bits per heavy atom. The van der Waals surface area contributed by atoms with E-state index in [0.717, 1.165) is 18.6 Å². The number of rotatable bonds is 3. The number of nitrogens with zero attached hydrogens (tertiary/aromatic N) is 1. The van der Waals surface area contributed by atoms with E-state index < -0.39 is 0 Å². The zero-order valence-electron chi connectivity index (χ0n) is 13.4. The minimum atomic E-state index is -0.257. The Bertz CT molecular complexity index is 501. The summed E-state index contributed by atoms with van der Waals surface area (Å²) in [6.07, 6.45) is 3.13. The topological polar surface area (TPSA) is 29.5 Å². The lowest BCUT2D eigenvalue weighted by Crippen LogP contribution is -2.64. The normalized spacial score (nSPS) is 20.9. The summed E-state index contributed by atoms with van der Waals surface area (Å²) < 4.78 is 6.12. The number of amides is 1. The third kappa shape index (κ3) is 3.29.